The van der Waals surface area contributed by atoms with E-state index in [0.717, 1.165) is 80.0 Å². The van der Waals surface area contributed by atoms with Gasteiger partial charge in [-0.3, -0.25) is 14.5 Å². The molecule has 3 N–H and O–H groups in total. The Morgan fingerprint density at radius 2 is 1.81 bits per heavy atom. The molecule has 2 aliphatic rings. The Labute approximate surface area is 211 Å². The third kappa shape index (κ3) is 5.28. The molecule has 8 heteroatoms. The number of aryl methyl sites for hydroxylation is 1. The Bertz CT molecular complexity index is 1280. The van der Waals surface area contributed by atoms with Crippen molar-refractivity contribution in [2.45, 2.75) is 33.2 Å². The molecule has 190 valence electrons. The lowest BCUT2D eigenvalue weighted by Gasteiger charge is -2.36. The third-order valence-electron chi connectivity index (χ3n) is 6.99. The van der Waals surface area contributed by atoms with Gasteiger partial charge in [-0.05, 0) is 68.1 Å². The maximum atomic E-state index is 12.6. The van der Waals surface area contributed by atoms with Gasteiger partial charge >= 0.3 is 0 Å². The highest BCUT2D eigenvalue weighted by atomic mass is 16.1. The highest BCUT2D eigenvalue weighted by Crippen LogP contribution is 2.31. The summed E-state index contributed by atoms with van der Waals surface area (Å²) < 4.78 is 0. The van der Waals surface area contributed by atoms with Crippen LogP contribution in [0.15, 0.2) is 41.2 Å². The Balaban J connectivity index is 0.00000148. The lowest BCUT2D eigenvalue weighted by molar-refractivity contribution is -0.0980. The molecular weight excluding hydrogens is 454 g/mol. The van der Waals surface area contributed by atoms with Gasteiger partial charge in [0.05, 0.1) is 11.2 Å². The number of hydrogen-bond donors (Lipinski definition) is 3. The van der Waals surface area contributed by atoms with Crippen molar-refractivity contribution in [3.8, 4) is 0 Å². The number of H-pyrrole nitrogens is 1. The Morgan fingerprint density at radius 1 is 1.08 bits per heavy atom. The Morgan fingerprint density at radius 3 is 2.50 bits per heavy atom. The highest BCUT2D eigenvalue weighted by Gasteiger charge is 2.20. The van der Waals surface area contributed by atoms with E-state index in [-0.39, 0.29) is 11.5 Å². The van der Waals surface area contributed by atoms with Crippen LogP contribution in [-0.2, 0) is 17.8 Å². The van der Waals surface area contributed by atoms with Crippen LogP contribution in [0.1, 0.15) is 40.4 Å². The summed E-state index contributed by atoms with van der Waals surface area (Å²) in [6.07, 6.45) is 1.84. The van der Waals surface area contributed by atoms with Crippen molar-refractivity contribution in [2.75, 3.05) is 49.5 Å². The van der Waals surface area contributed by atoms with Gasteiger partial charge in [0.15, 0.2) is 0 Å². The fourth-order valence-electron chi connectivity index (χ4n) is 5.27. The zero-order valence-corrected chi connectivity index (χ0v) is 21.2. The average molecular weight is 490 g/mol. The normalized spacial score (nSPS) is 15.4. The van der Waals surface area contributed by atoms with E-state index in [0.29, 0.717) is 12.1 Å². The minimum Gasteiger partial charge on any atom is -0.384 e. The largest absolute Gasteiger partial charge is 0.384 e. The van der Waals surface area contributed by atoms with Gasteiger partial charge in [-0.15, -0.1) is 0 Å². The molecule has 1 aromatic heterocycles. The molecule has 3 aromatic rings. The van der Waals surface area contributed by atoms with E-state index in [2.05, 4.69) is 44.5 Å². The van der Waals surface area contributed by atoms with Gasteiger partial charge in [-0.2, -0.15) is 0 Å². The smallest absolute Gasteiger partial charge is 0.253 e. The molecule has 0 saturated carbocycles. The van der Waals surface area contributed by atoms with Crippen molar-refractivity contribution in [1.82, 2.24) is 15.2 Å². The summed E-state index contributed by atoms with van der Waals surface area (Å²) in [5.74, 6) is -0.0258. The summed E-state index contributed by atoms with van der Waals surface area (Å²) in [4.78, 5) is 40.6. The molecule has 1 fully saturated rings. The minimum atomic E-state index is -0.0258. The van der Waals surface area contributed by atoms with Crippen molar-refractivity contribution in [3.63, 3.8) is 0 Å². The van der Waals surface area contributed by atoms with Crippen LogP contribution in [0.5, 0.6) is 0 Å². The molecule has 36 heavy (non-hydrogen) atoms. The summed E-state index contributed by atoms with van der Waals surface area (Å²) >= 11 is 0. The van der Waals surface area contributed by atoms with E-state index >= 15 is 0 Å². The van der Waals surface area contributed by atoms with Crippen molar-refractivity contribution in [1.29, 1.82) is 0 Å². The predicted molar refractivity (Wildman–Crippen MR) is 145 cm³/mol. The summed E-state index contributed by atoms with van der Waals surface area (Å²) in [5.41, 5.74) is 7.19. The maximum absolute atomic E-state index is 12.6. The van der Waals surface area contributed by atoms with E-state index in [4.69, 9.17) is 4.79 Å². The number of rotatable bonds is 5. The number of nitrogens with zero attached hydrogens (tertiary/aromatic N) is 2. The number of aromatic amines is 1. The van der Waals surface area contributed by atoms with Crippen molar-refractivity contribution in [3.05, 3.63) is 69.0 Å². The second kappa shape index (κ2) is 11.4. The molecule has 0 bridgehead atoms. The molecule has 3 heterocycles. The van der Waals surface area contributed by atoms with Crippen LogP contribution in [0.4, 0.5) is 11.4 Å². The topological polar surface area (TPSA) is 97.5 Å². The Hall–Kier alpha value is -3.65. The number of aromatic nitrogens is 1. The second-order valence-corrected chi connectivity index (χ2v) is 9.34. The Kier molecular flexibility index (Phi) is 8.05. The van der Waals surface area contributed by atoms with Gasteiger partial charge in [0, 0.05) is 68.0 Å². The quantitative estimate of drug-likeness (QED) is 0.510. The first-order valence-electron chi connectivity index (χ1n) is 12.6. The van der Waals surface area contributed by atoms with Crippen LogP contribution in [0.25, 0.3) is 10.9 Å². The van der Waals surface area contributed by atoms with Gasteiger partial charge in [0.2, 0.25) is 0 Å². The number of pyridine rings is 1. The molecule has 0 radical (unpaired) electrons. The van der Waals surface area contributed by atoms with E-state index in [1.165, 1.54) is 11.1 Å². The molecule has 0 spiro atoms. The van der Waals surface area contributed by atoms with Crippen molar-refractivity contribution < 1.29 is 9.59 Å². The summed E-state index contributed by atoms with van der Waals surface area (Å²) in [6, 6.07) is 12.3. The summed E-state index contributed by atoms with van der Waals surface area (Å²) in [5, 5.41) is 7.46. The standard InChI is InChI=1S/C27H33N5O2.CH2O/c1-3-28-26(33)20-6-8-21(9-7-20)32-13-11-31(12-14-32)17-19-15-18(2)24-23(16-19)30-27(34)22-5-4-10-29-25(22)24;1-2/h6-9,15-16,29H,3-5,10-14,17H2,1-2H3,(H,28,33)(H,30,34);1H2. The fraction of sp³-hybridized carbons (Fsp3) is 0.393. The second-order valence-electron chi connectivity index (χ2n) is 9.34. The molecule has 8 nitrogen and oxygen atoms in total. The number of piperazine rings is 1. The number of anilines is 2. The molecule has 1 amide bonds. The first-order chi connectivity index (χ1) is 17.5. The molecule has 1 saturated heterocycles. The predicted octanol–water partition coefficient (Wildman–Crippen LogP) is 3.08. The van der Waals surface area contributed by atoms with Crippen LogP contribution in [0.3, 0.4) is 0 Å². The van der Waals surface area contributed by atoms with Gasteiger partial charge < -0.3 is 25.3 Å². The third-order valence-corrected chi connectivity index (χ3v) is 6.99. The van der Waals surface area contributed by atoms with Gasteiger partial charge in [-0.25, -0.2) is 0 Å². The lowest BCUT2D eigenvalue weighted by Crippen LogP contribution is -2.46. The highest BCUT2D eigenvalue weighted by molar-refractivity contribution is 5.96. The van der Waals surface area contributed by atoms with Crippen LogP contribution >= 0.6 is 0 Å². The molecule has 2 aliphatic heterocycles. The number of carbonyl (C=O) groups is 2. The van der Waals surface area contributed by atoms with Crippen molar-refractivity contribution >= 4 is 35.0 Å². The maximum Gasteiger partial charge on any atom is 0.253 e. The van der Waals surface area contributed by atoms with Crippen molar-refractivity contribution in [2.24, 2.45) is 0 Å². The first-order valence-corrected chi connectivity index (χ1v) is 12.6. The number of nitrogens with one attached hydrogen (secondary N) is 3. The number of fused-ring (bicyclic) bond motifs is 3. The van der Waals surface area contributed by atoms with E-state index in [1.807, 2.05) is 38.0 Å². The SMILES string of the molecule is C=O.CCNC(=O)c1ccc(N2CCN(Cc3cc(C)c4c5c(c(=O)[nH]c4c3)CCCN5)CC2)cc1. The van der Waals surface area contributed by atoms with Crippen LogP contribution < -0.4 is 21.1 Å². The minimum absolute atomic E-state index is 0.0258. The molecule has 0 aliphatic carbocycles. The van der Waals surface area contributed by atoms with Gasteiger partial charge in [0.25, 0.3) is 11.5 Å². The van der Waals surface area contributed by atoms with Gasteiger partial charge in [0.1, 0.15) is 6.79 Å². The number of benzene rings is 2. The van der Waals surface area contributed by atoms with Crippen LogP contribution in [-0.4, -0.2) is 61.8 Å². The van der Waals surface area contributed by atoms with E-state index in [9.17, 15) is 9.59 Å². The molecule has 5 rings (SSSR count). The molecule has 2 aromatic carbocycles. The number of amides is 1. The zero-order chi connectivity index (χ0) is 25.7. The lowest BCUT2D eigenvalue weighted by atomic mass is 9.97. The van der Waals surface area contributed by atoms with Crippen LogP contribution in [0.2, 0.25) is 0 Å². The number of hydrogen-bond acceptors (Lipinski definition) is 6. The summed E-state index contributed by atoms with van der Waals surface area (Å²) in [7, 11) is 0. The molecule has 0 unspecified atom stereocenters. The molecular formula is C28H35N5O3. The molecule has 0 atom stereocenters. The van der Waals surface area contributed by atoms with Gasteiger partial charge in [-0.1, -0.05) is 6.07 Å². The fourth-order valence-corrected chi connectivity index (χ4v) is 5.27. The first kappa shape index (κ1) is 25.4. The zero-order valence-electron chi connectivity index (χ0n) is 21.2. The van der Waals surface area contributed by atoms with E-state index < -0.39 is 0 Å². The number of carbonyl (C=O) groups excluding carboxylic acids is 2. The monoisotopic (exact) mass is 489 g/mol. The van der Waals surface area contributed by atoms with Crippen LogP contribution in [0, 0.1) is 6.92 Å². The average Bonchev–Trinajstić information content (AvgIpc) is 2.90. The summed E-state index contributed by atoms with van der Waals surface area (Å²) in [6.45, 7) is 12.3. The van der Waals surface area contributed by atoms with E-state index in [1.54, 1.807) is 0 Å².